The minimum Gasteiger partial charge on any atom is -0.340 e. The van der Waals surface area contributed by atoms with Crippen LogP contribution in [0.1, 0.15) is 11.1 Å². The Hall–Kier alpha value is -2.13. The normalized spacial score (nSPS) is 10.8. The third kappa shape index (κ3) is 2.58. The van der Waals surface area contributed by atoms with Gasteiger partial charge in [0, 0.05) is 11.1 Å². The summed E-state index contributed by atoms with van der Waals surface area (Å²) in [4.78, 5) is 8.53. The van der Waals surface area contributed by atoms with Crippen LogP contribution >= 0.6 is 11.6 Å². The van der Waals surface area contributed by atoms with Crippen molar-refractivity contribution < 1.29 is 0 Å². The Bertz CT molecular complexity index is 764. The summed E-state index contributed by atoms with van der Waals surface area (Å²) >= 11 is 5.99. The van der Waals surface area contributed by atoms with E-state index in [0.29, 0.717) is 0 Å². The molecule has 2 aromatic carbocycles. The number of nitrogens with one attached hydrogen (secondary N) is 1. The fraction of sp³-hybridized carbons (Fsp3) is 0.125. The SMILES string of the molecule is Cc1cc(C)cc(Nc2nc(Cl)nc3ccccc23)c1. The first-order valence-corrected chi connectivity index (χ1v) is 6.77. The van der Waals surface area contributed by atoms with Gasteiger partial charge in [-0.3, -0.25) is 0 Å². The zero-order valence-electron chi connectivity index (χ0n) is 11.3. The molecule has 0 atom stereocenters. The molecule has 3 rings (SSSR count). The lowest BCUT2D eigenvalue weighted by molar-refractivity contribution is 1.22. The lowest BCUT2D eigenvalue weighted by atomic mass is 10.1. The smallest absolute Gasteiger partial charge is 0.224 e. The summed E-state index contributed by atoms with van der Waals surface area (Å²) in [7, 11) is 0. The zero-order chi connectivity index (χ0) is 14.1. The lowest BCUT2D eigenvalue weighted by Gasteiger charge is -2.10. The third-order valence-corrected chi connectivity index (χ3v) is 3.23. The standard InChI is InChI=1S/C16H14ClN3/c1-10-7-11(2)9-12(8-10)18-15-13-5-3-4-6-14(13)19-16(17)20-15/h3-9H,1-2H3,(H,18,19,20). The number of anilines is 2. The van der Waals surface area contributed by atoms with Gasteiger partial charge >= 0.3 is 0 Å². The minimum atomic E-state index is 0.246. The molecular formula is C16H14ClN3. The van der Waals surface area contributed by atoms with E-state index >= 15 is 0 Å². The molecular weight excluding hydrogens is 270 g/mol. The maximum absolute atomic E-state index is 5.99. The minimum absolute atomic E-state index is 0.246. The van der Waals surface area contributed by atoms with Crippen molar-refractivity contribution in [3.05, 3.63) is 58.9 Å². The topological polar surface area (TPSA) is 37.8 Å². The number of benzene rings is 2. The van der Waals surface area contributed by atoms with E-state index in [4.69, 9.17) is 11.6 Å². The Labute approximate surface area is 122 Å². The van der Waals surface area contributed by atoms with Crippen molar-refractivity contribution in [2.24, 2.45) is 0 Å². The van der Waals surface area contributed by atoms with Crippen LogP contribution in [-0.2, 0) is 0 Å². The van der Waals surface area contributed by atoms with Gasteiger partial charge in [-0.05, 0) is 60.8 Å². The molecule has 20 heavy (non-hydrogen) atoms. The highest BCUT2D eigenvalue weighted by Crippen LogP contribution is 2.26. The second kappa shape index (κ2) is 5.10. The van der Waals surface area contributed by atoms with Crippen LogP contribution in [0.25, 0.3) is 10.9 Å². The second-order valence-electron chi connectivity index (χ2n) is 4.86. The summed E-state index contributed by atoms with van der Waals surface area (Å²) < 4.78 is 0. The van der Waals surface area contributed by atoms with Crippen LogP contribution in [0, 0.1) is 13.8 Å². The van der Waals surface area contributed by atoms with Crippen molar-refractivity contribution in [1.29, 1.82) is 0 Å². The van der Waals surface area contributed by atoms with E-state index in [1.54, 1.807) is 0 Å². The van der Waals surface area contributed by atoms with Crippen LogP contribution < -0.4 is 5.32 Å². The van der Waals surface area contributed by atoms with E-state index in [1.807, 2.05) is 24.3 Å². The van der Waals surface area contributed by atoms with E-state index in [2.05, 4.69) is 47.3 Å². The summed E-state index contributed by atoms with van der Waals surface area (Å²) in [6.45, 7) is 4.15. The second-order valence-corrected chi connectivity index (χ2v) is 5.20. The number of hydrogen-bond acceptors (Lipinski definition) is 3. The number of halogens is 1. The molecule has 0 bridgehead atoms. The fourth-order valence-electron chi connectivity index (χ4n) is 2.33. The maximum Gasteiger partial charge on any atom is 0.224 e. The maximum atomic E-state index is 5.99. The number of aryl methyl sites for hydroxylation is 2. The number of rotatable bonds is 2. The van der Waals surface area contributed by atoms with Crippen LogP contribution in [0.2, 0.25) is 5.28 Å². The molecule has 1 N–H and O–H groups in total. The van der Waals surface area contributed by atoms with Gasteiger partial charge < -0.3 is 5.32 Å². The predicted molar refractivity (Wildman–Crippen MR) is 83.7 cm³/mol. The number of para-hydroxylation sites is 1. The van der Waals surface area contributed by atoms with Crippen LogP contribution in [0.5, 0.6) is 0 Å². The van der Waals surface area contributed by atoms with E-state index in [0.717, 1.165) is 22.4 Å². The highest BCUT2D eigenvalue weighted by molar-refractivity contribution is 6.28. The molecule has 3 nitrogen and oxygen atoms in total. The molecule has 0 spiro atoms. The molecule has 0 saturated heterocycles. The van der Waals surface area contributed by atoms with Crippen molar-refractivity contribution in [3.8, 4) is 0 Å². The molecule has 0 saturated carbocycles. The quantitative estimate of drug-likeness (QED) is 0.696. The number of fused-ring (bicyclic) bond motifs is 1. The summed E-state index contributed by atoms with van der Waals surface area (Å²) in [6, 6.07) is 14.1. The fourth-order valence-corrected chi connectivity index (χ4v) is 2.50. The van der Waals surface area contributed by atoms with Gasteiger partial charge in [0.05, 0.1) is 5.52 Å². The average Bonchev–Trinajstić information content (AvgIpc) is 2.37. The molecule has 3 aromatic rings. The van der Waals surface area contributed by atoms with Gasteiger partial charge in [-0.15, -0.1) is 0 Å². The molecule has 1 heterocycles. The van der Waals surface area contributed by atoms with Gasteiger partial charge in [0.15, 0.2) is 0 Å². The average molecular weight is 284 g/mol. The summed E-state index contributed by atoms with van der Waals surface area (Å²) in [5.74, 6) is 0.727. The third-order valence-electron chi connectivity index (χ3n) is 3.06. The van der Waals surface area contributed by atoms with Crippen LogP contribution in [0.15, 0.2) is 42.5 Å². The van der Waals surface area contributed by atoms with Gasteiger partial charge in [-0.1, -0.05) is 18.2 Å². The van der Waals surface area contributed by atoms with Crippen LogP contribution in [0.4, 0.5) is 11.5 Å². The molecule has 0 fully saturated rings. The number of aromatic nitrogens is 2. The summed E-state index contributed by atoms with van der Waals surface area (Å²) in [5.41, 5.74) is 4.25. The molecule has 0 amide bonds. The van der Waals surface area contributed by atoms with E-state index in [-0.39, 0.29) is 5.28 Å². The molecule has 0 aliphatic carbocycles. The molecule has 0 aliphatic rings. The monoisotopic (exact) mass is 283 g/mol. The number of nitrogens with zero attached hydrogens (tertiary/aromatic N) is 2. The Balaban J connectivity index is 2.10. The van der Waals surface area contributed by atoms with Crippen molar-refractivity contribution in [3.63, 3.8) is 0 Å². The molecule has 1 aromatic heterocycles. The Morgan fingerprint density at radius 3 is 2.40 bits per heavy atom. The van der Waals surface area contributed by atoms with E-state index in [1.165, 1.54) is 11.1 Å². The van der Waals surface area contributed by atoms with Gasteiger partial charge in [-0.25, -0.2) is 4.98 Å². The van der Waals surface area contributed by atoms with Crippen molar-refractivity contribution in [2.75, 3.05) is 5.32 Å². The Morgan fingerprint density at radius 1 is 0.950 bits per heavy atom. The highest BCUT2D eigenvalue weighted by Gasteiger charge is 2.06. The van der Waals surface area contributed by atoms with Crippen molar-refractivity contribution in [2.45, 2.75) is 13.8 Å². The molecule has 0 aliphatic heterocycles. The molecule has 100 valence electrons. The Morgan fingerprint density at radius 2 is 1.65 bits per heavy atom. The Kier molecular flexibility index (Phi) is 3.28. The van der Waals surface area contributed by atoms with E-state index in [9.17, 15) is 0 Å². The highest BCUT2D eigenvalue weighted by atomic mass is 35.5. The first kappa shape index (κ1) is 12.9. The largest absolute Gasteiger partial charge is 0.340 e. The summed E-state index contributed by atoms with van der Waals surface area (Å²) in [6.07, 6.45) is 0. The predicted octanol–water partition coefficient (Wildman–Crippen LogP) is 4.64. The van der Waals surface area contributed by atoms with Gasteiger partial charge in [0.1, 0.15) is 5.82 Å². The van der Waals surface area contributed by atoms with Crippen molar-refractivity contribution in [1.82, 2.24) is 9.97 Å². The van der Waals surface area contributed by atoms with Crippen molar-refractivity contribution >= 4 is 34.0 Å². The molecule has 0 unspecified atom stereocenters. The number of hydrogen-bond donors (Lipinski definition) is 1. The first-order valence-electron chi connectivity index (χ1n) is 6.39. The van der Waals surface area contributed by atoms with Gasteiger partial charge in [0.2, 0.25) is 5.28 Å². The first-order chi connectivity index (χ1) is 9.61. The van der Waals surface area contributed by atoms with E-state index < -0.39 is 0 Å². The lowest BCUT2D eigenvalue weighted by Crippen LogP contribution is -1.98. The molecule has 0 radical (unpaired) electrons. The van der Waals surface area contributed by atoms with Gasteiger partial charge in [-0.2, -0.15) is 4.98 Å². The zero-order valence-corrected chi connectivity index (χ0v) is 12.1. The van der Waals surface area contributed by atoms with Crippen LogP contribution in [0.3, 0.4) is 0 Å². The summed E-state index contributed by atoms with van der Waals surface area (Å²) in [5, 5.41) is 4.53. The van der Waals surface area contributed by atoms with Gasteiger partial charge in [0.25, 0.3) is 0 Å². The van der Waals surface area contributed by atoms with Crippen LogP contribution in [-0.4, -0.2) is 9.97 Å². The molecule has 4 heteroatoms.